The Morgan fingerprint density at radius 2 is 2.15 bits per heavy atom. The Labute approximate surface area is 79.7 Å². The smallest absolute Gasteiger partial charge is 0.0950 e. The highest BCUT2D eigenvalue weighted by atomic mass is 16.5. The van der Waals surface area contributed by atoms with E-state index in [9.17, 15) is 5.11 Å². The number of hydrogen-bond donors (Lipinski definition) is 1. The fraction of sp³-hybridized carbons (Fsp3) is 1.00. The summed E-state index contributed by atoms with van der Waals surface area (Å²) >= 11 is 0. The molecule has 2 aliphatic heterocycles. The summed E-state index contributed by atoms with van der Waals surface area (Å²) in [7, 11) is 0. The molecule has 2 heterocycles. The summed E-state index contributed by atoms with van der Waals surface area (Å²) in [6, 6.07) is 0.252. The number of likely N-dealkylation sites (tertiary alicyclic amines) is 1. The Morgan fingerprint density at radius 1 is 1.38 bits per heavy atom. The fourth-order valence-corrected chi connectivity index (χ4v) is 2.32. The maximum atomic E-state index is 9.65. The molecular weight excluding hydrogens is 166 g/mol. The summed E-state index contributed by atoms with van der Waals surface area (Å²) in [5.74, 6) is 0. The summed E-state index contributed by atoms with van der Waals surface area (Å²) < 4.78 is 5.26. The third-order valence-electron chi connectivity index (χ3n) is 3.20. The summed E-state index contributed by atoms with van der Waals surface area (Å²) in [6.45, 7) is 8.00. The van der Waals surface area contributed by atoms with Gasteiger partial charge >= 0.3 is 0 Å². The fourth-order valence-electron chi connectivity index (χ4n) is 2.32. The number of nitrogens with zero attached hydrogens (tertiary/aromatic N) is 1. The van der Waals surface area contributed by atoms with Crippen molar-refractivity contribution in [3.05, 3.63) is 0 Å². The van der Waals surface area contributed by atoms with Crippen LogP contribution in [0.1, 0.15) is 20.3 Å². The van der Waals surface area contributed by atoms with E-state index >= 15 is 0 Å². The molecule has 0 aliphatic carbocycles. The molecule has 2 saturated heterocycles. The van der Waals surface area contributed by atoms with E-state index in [-0.39, 0.29) is 12.1 Å². The SMILES string of the molecule is CC1(C)CCN(C2COCC2O)C1. The molecule has 0 aromatic heterocycles. The van der Waals surface area contributed by atoms with Gasteiger partial charge in [0.05, 0.1) is 25.4 Å². The highest BCUT2D eigenvalue weighted by Gasteiger charge is 2.38. The van der Waals surface area contributed by atoms with Crippen LogP contribution in [0.4, 0.5) is 0 Å². The van der Waals surface area contributed by atoms with Crippen LogP contribution in [0, 0.1) is 5.41 Å². The van der Waals surface area contributed by atoms with E-state index in [2.05, 4.69) is 18.7 Å². The third-order valence-corrected chi connectivity index (χ3v) is 3.20. The van der Waals surface area contributed by atoms with Gasteiger partial charge in [-0.1, -0.05) is 13.8 Å². The van der Waals surface area contributed by atoms with Gasteiger partial charge in [0, 0.05) is 6.54 Å². The zero-order chi connectivity index (χ0) is 9.47. The molecule has 3 heteroatoms. The van der Waals surface area contributed by atoms with Crippen molar-refractivity contribution in [2.24, 2.45) is 5.41 Å². The van der Waals surface area contributed by atoms with Crippen molar-refractivity contribution < 1.29 is 9.84 Å². The molecule has 0 spiro atoms. The molecule has 0 amide bonds. The molecule has 2 aliphatic rings. The van der Waals surface area contributed by atoms with Crippen LogP contribution < -0.4 is 0 Å². The van der Waals surface area contributed by atoms with Crippen LogP contribution in [0.15, 0.2) is 0 Å². The minimum atomic E-state index is -0.270. The van der Waals surface area contributed by atoms with Gasteiger partial charge in [-0.05, 0) is 18.4 Å². The second-order valence-electron chi connectivity index (χ2n) is 5.06. The van der Waals surface area contributed by atoms with Gasteiger partial charge in [0.1, 0.15) is 0 Å². The molecule has 0 aromatic rings. The molecule has 1 N–H and O–H groups in total. The topological polar surface area (TPSA) is 32.7 Å². The molecule has 2 unspecified atom stereocenters. The minimum Gasteiger partial charge on any atom is -0.389 e. The number of aliphatic hydroxyl groups is 1. The third kappa shape index (κ3) is 1.87. The van der Waals surface area contributed by atoms with Crippen LogP contribution in [0.2, 0.25) is 0 Å². The summed E-state index contributed by atoms with van der Waals surface area (Å²) in [5, 5.41) is 9.65. The van der Waals surface area contributed by atoms with Gasteiger partial charge in [-0.2, -0.15) is 0 Å². The number of aliphatic hydroxyl groups excluding tert-OH is 1. The molecule has 2 fully saturated rings. The van der Waals surface area contributed by atoms with Gasteiger partial charge in [-0.15, -0.1) is 0 Å². The molecular formula is C10H19NO2. The number of hydrogen-bond acceptors (Lipinski definition) is 3. The minimum absolute atomic E-state index is 0.252. The van der Waals surface area contributed by atoms with E-state index in [0.29, 0.717) is 18.6 Å². The lowest BCUT2D eigenvalue weighted by Crippen LogP contribution is -2.42. The summed E-state index contributed by atoms with van der Waals surface area (Å²) in [5.41, 5.74) is 0.419. The maximum Gasteiger partial charge on any atom is 0.0950 e. The van der Waals surface area contributed by atoms with Crippen LogP contribution in [-0.2, 0) is 4.74 Å². The van der Waals surface area contributed by atoms with Crippen molar-refractivity contribution in [3.8, 4) is 0 Å². The average molecular weight is 185 g/mol. The van der Waals surface area contributed by atoms with E-state index in [0.717, 1.165) is 13.1 Å². The van der Waals surface area contributed by atoms with E-state index in [4.69, 9.17) is 4.74 Å². The first kappa shape index (κ1) is 9.44. The van der Waals surface area contributed by atoms with Crippen LogP contribution >= 0.6 is 0 Å². The lowest BCUT2D eigenvalue weighted by Gasteiger charge is -2.26. The van der Waals surface area contributed by atoms with Gasteiger partial charge in [0.2, 0.25) is 0 Å². The summed E-state index contributed by atoms with van der Waals surface area (Å²) in [6.07, 6.45) is 0.963. The largest absolute Gasteiger partial charge is 0.389 e. The lowest BCUT2D eigenvalue weighted by molar-refractivity contribution is 0.0901. The van der Waals surface area contributed by atoms with E-state index in [1.54, 1.807) is 0 Å². The molecule has 3 nitrogen and oxygen atoms in total. The van der Waals surface area contributed by atoms with Crippen molar-refractivity contribution in [1.82, 2.24) is 4.90 Å². The van der Waals surface area contributed by atoms with Crippen molar-refractivity contribution in [1.29, 1.82) is 0 Å². The lowest BCUT2D eigenvalue weighted by atomic mass is 9.93. The van der Waals surface area contributed by atoms with Crippen molar-refractivity contribution >= 4 is 0 Å². The van der Waals surface area contributed by atoms with Crippen LogP contribution in [0.25, 0.3) is 0 Å². The highest BCUT2D eigenvalue weighted by Crippen LogP contribution is 2.31. The first-order valence-corrected chi connectivity index (χ1v) is 5.08. The standard InChI is InChI=1S/C10H19NO2/c1-10(2)3-4-11(7-10)8-5-13-6-9(8)12/h8-9,12H,3-7H2,1-2H3. The highest BCUT2D eigenvalue weighted by molar-refractivity contribution is 4.91. The van der Waals surface area contributed by atoms with Crippen molar-refractivity contribution in [3.63, 3.8) is 0 Å². The second-order valence-corrected chi connectivity index (χ2v) is 5.06. The molecule has 0 saturated carbocycles. The van der Waals surface area contributed by atoms with E-state index in [1.807, 2.05) is 0 Å². The first-order chi connectivity index (χ1) is 6.08. The molecule has 13 heavy (non-hydrogen) atoms. The normalized spacial score (nSPS) is 39.9. The van der Waals surface area contributed by atoms with Crippen LogP contribution in [0.5, 0.6) is 0 Å². The zero-order valence-electron chi connectivity index (χ0n) is 8.49. The second kappa shape index (κ2) is 3.23. The summed E-state index contributed by atoms with van der Waals surface area (Å²) in [4.78, 5) is 2.37. The Morgan fingerprint density at radius 3 is 2.62 bits per heavy atom. The molecule has 2 atom stereocenters. The molecule has 0 aromatic carbocycles. The number of ether oxygens (including phenoxy) is 1. The van der Waals surface area contributed by atoms with Crippen molar-refractivity contribution in [2.45, 2.75) is 32.4 Å². The van der Waals surface area contributed by atoms with Gasteiger partial charge in [0.15, 0.2) is 0 Å². The Bertz CT molecular complexity index is 193. The Kier molecular flexibility index (Phi) is 2.34. The average Bonchev–Trinajstić information content (AvgIpc) is 2.56. The predicted octanol–water partition coefficient (Wildman–Crippen LogP) is 0.478. The van der Waals surface area contributed by atoms with Gasteiger partial charge in [-0.25, -0.2) is 0 Å². The molecule has 0 radical (unpaired) electrons. The van der Waals surface area contributed by atoms with Gasteiger partial charge in [-0.3, -0.25) is 4.90 Å². The predicted molar refractivity (Wildman–Crippen MR) is 50.6 cm³/mol. The molecule has 0 bridgehead atoms. The molecule has 2 rings (SSSR count). The Balaban J connectivity index is 1.95. The van der Waals surface area contributed by atoms with Crippen molar-refractivity contribution in [2.75, 3.05) is 26.3 Å². The van der Waals surface area contributed by atoms with Gasteiger partial charge in [0.25, 0.3) is 0 Å². The monoisotopic (exact) mass is 185 g/mol. The quantitative estimate of drug-likeness (QED) is 0.645. The maximum absolute atomic E-state index is 9.65. The first-order valence-electron chi connectivity index (χ1n) is 5.08. The van der Waals surface area contributed by atoms with Gasteiger partial charge < -0.3 is 9.84 Å². The van der Waals surface area contributed by atoms with E-state index < -0.39 is 0 Å². The molecule has 76 valence electrons. The van der Waals surface area contributed by atoms with Crippen LogP contribution in [-0.4, -0.2) is 48.5 Å². The van der Waals surface area contributed by atoms with Crippen LogP contribution in [0.3, 0.4) is 0 Å². The zero-order valence-corrected chi connectivity index (χ0v) is 8.49. The van der Waals surface area contributed by atoms with E-state index in [1.165, 1.54) is 6.42 Å². The Hall–Kier alpha value is -0.120. The number of rotatable bonds is 1.